The number of aliphatic carboxylic acids is 1. The molecule has 3 N–H and O–H groups in total. The molecule has 0 fully saturated rings. The van der Waals surface area contributed by atoms with Crippen LogP contribution in [0.5, 0.6) is 0 Å². The van der Waals surface area contributed by atoms with Crippen LogP contribution in [0.25, 0.3) is 0 Å². The van der Waals surface area contributed by atoms with Gasteiger partial charge in [-0.05, 0) is 25.7 Å². The number of nitrogens with one attached hydrogen (secondary N) is 2. The summed E-state index contributed by atoms with van der Waals surface area (Å²) in [5, 5.41) is 14.5. The predicted molar refractivity (Wildman–Crippen MR) is 92.2 cm³/mol. The molecule has 0 unspecified atom stereocenters. The Hall–Kier alpha value is -1.19. The number of hydrogen-bond acceptors (Lipinski definition) is 5. The normalized spacial score (nSPS) is 11.8. The molecule has 0 aliphatic rings. The highest BCUT2D eigenvalue weighted by atomic mass is 79.9. The lowest BCUT2D eigenvalue weighted by Crippen LogP contribution is -2.42. The van der Waals surface area contributed by atoms with Crippen molar-refractivity contribution < 1.29 is 29.0 Å². The average molecular weight is 411 g/mol. The van der Waals surface area contributed by atoms with E-state index in [0.717, 1.165) is 6.42 Å². The summed E-state index contributed by atoms with van der Waals surface area (Å²) in [7, 11) is 0. The summed E-state index contributed by atoms with van der Waals surface area (Å²) >= 11 is 3.03. The van der Waals surface area contributed by atoms with E-state index in [4.69, 9.17) is 14.6 Å². The predicted octanol–water partition coefficient (Wildman–Crippen LogP) is 0.680. The van der Waals surface area contributed by atoms with Gasteiger partial charge in [0.15, 0.2) is 0 Å². The molecule has 2 amide bonds. The van der Waals surface area contributed by atoms with Gasteiger partial charge < -0.3 is 25.2 Å². The summed E-state index contributed by atoms with van der Waals surface area (Å²) in [4.78, 5) is 33.8. The molecule has 0 aliphatic heterocycles. The lowest BCUT2D eigenvalue weighted by Gasteiger charge is -2.14. The van der Waals surface area contributed by atoms with Crippen molar-refractivity contribution in [1.29, 1.82) is 0 Å². The molecule has 0 saturated heterocycles. The summed E-state index contributed by atoms with van der Waals surface area (Å²) < 4.78 is 10.3. The number of hydrogen-bond donors (Lipinski definition) is 3. The van der Waals surface area contributed by atoms with Crippen LogP contribution in [0.4, 0.5) is 0 Å². The molecular formula is C15H27BrN2O6. The number of carboxylic acids is 1. The van der Waals surface area contributed by atoms with Gasteiger partial charge in [0.05, 0.1) is 18.5 Å². The Morgan fingerprint density at radius 3 is 2.42 bits per heavy atom. The first-order chi connectivity index (χ1) is 11.5. The summed E-state index contributed by atoms with van der Waals surface area (Å²) in [6, 6.07) is -0.954. The highest BCUT2D eigenvalue weighted by molar-refractivity contribution is 9.09. The Labute approximate surface area is 150 Å². The quantitative estimate of drug-likeness (QED) is 0.270. The molecule has 0 aromatic carbocycles. The van der Waals surface area contributed by atoms with Gasteiger partial charge in [-0.25, -0.2) is 4.79 Å². The number of amides is 2. The Morgan fingerprint density at radius 1 is 1.08 bits per heavy atom. The fourth-order valence-corrected chi connectivity index (χ4v) is 1.97. The summed E-state index contributed by atoms with van der Waals surface area (Å²) in [6.45, 7) is 3.62. The second-order valence-corrected chi connectivity index (χ2v) is 5.66. The Kier molecular flexibility index (Phi) is 14.6. The van der Waals surface area contributed by atoms with Crippen LogP contribution in [0.15, 0.2) is 0 Å². The minimum atomic E-state index is -1.08. The van der Waals surface area contributed by atoms with Gasteiger partial charge in [-0.15, -0.1) is 0 Å². The lowest BCUT2D eigenvalue weighted by molar-refractivity contribution is -0.142. The van der Waals surface area contributed by atoms with Gasteiger partial charge in [-0.3, -0.25) is 9.59 Å². The van der Waals surface area contributed by atoms with Crippen LogP contribution in [-0.2, 0) is 23.9 Å². The molecule has 1 atom stereocenters. The van der Waals surface area contributed by atoms with E-state index >= 15 is 0 Å². The minimum absolute atomic E-state index is 0.113. The van der Waals surface area contributed by atoms with Crippen LogP contribution < -0.4 is 10.6 Å². The zero-order valence-corrected chi connectivity index (χ0v) is 15.6. The van der Waals surface area contributed by atoms with E-state index in [2.05, 4.69) is 26.6 Å². The molecule has 0 radical (unpaired) electrons. The first-order valence-electron chi connectivity index (χ1n) is 8.01. The van der Waals surface area contributed by atoms with Crippen LogP contribution in [0.3, 0.4) is 0 Å². The van der Waals surface area contributed by atoms with Gasteiger partial charge in [0.25, 0.3) is 0 Å². The van der Waals surface area contributed by atoms with Crippen molar-refractivity contribution in [1.82, 2.24) is 10.6 Å². The van der Waals surface area contributed by atoms with Gasteiger partial charge in [-0.1, -0.05) is 22.9 Å². The highest BCUT2D eigenvalue weighted by Gasteiger charge is 2.19. The van der Waals surface area contributed by atoms with Crippen LogP contribution in [0, 0.1) is 0 Å². The first-order valence-corrected chi connectivity index (χ1v) is 9.13. The van der Waals surface area contributed by atoms with E-state index in [1.54, 1.807) is 0 Å². The topological polar surface area (TPSA) is 114 Å². The molecule has 24 heavy (non-hydrogen) atoms. The molecule has 0 heterocycles. The SMILES string of the molecule is CCCOCCOCC(=O)N[C@@H](CCCCNC(=O)CBr)C(=O)O. The number of ether oxygens (including phenoxy) is 2. The summed E-state index contributed by atoms with van der Waals surface area (Å²) in [5.74, 6) is -1.66. The third-order valence-electron chi connectivity index (χ3n) is 2.95. The number of carbonyl (C=O) groups excluding carboxylic acids is 2. The largest absolute Gasteiger partial charge is 0.480 e. The van der Waals surface area contributed by atoms with Crippen molar-refractivity contribution in [3.8, 4) is 0 Å². The van der Waals surface area contributed by atoms with E-state index in [1.807, 2.05) is 6.92 Å². The van der Waals surface area contributed by atoms with Gasteiger partial charge in [0.1, 0.15) is 12.6 Å². The number of unbranched alkanes of at least 4 members (excludes halogenated alkanes) is 1. The minimum Gasteiger partial charge on any atom is -0.480 e. The van der Waals surface area contributed by atoms with Gasteiger partial charge in [0.2, 0.25) is 11.8 Å². The number of halogens is 1. The number of rotatable bonds is 15. The molecule has 0 spiro atoms. The second-order valence-electron chi connectivity index (χ2n) is 5.10. The molecule has 0 aliphatic carbocycles. The van der Waals surface area contributed by atoms with Gasteiger partial charge in [0, 0.05) is 13.2 Å². The van der Waals surface area contributed by atoms with Crippen LogP contribution >= 0.6 is 15.9 Å². The number of alkyl halides is 1. The molecule has 9 heteroatoms. The standard InChI is InChI=1S/C15H27BrN2O6/c1-2-7-23-8-9-24-11-14(20)18-12(15(21)22)5-3-4-6-17-13(19)10-16/h12H,2-11H2,1H3,(H,17,19)(H,18,20)(H,21,22)/t12-/m0/s1. The zero-order chi connectivity index (χ0) is 18.2. The Balaban J connectivity index is 3.83. The first kappa shape index (κ1) is 22.8. The highest BCUT2D eigenvalue weighted by Crippen LogP contribution is 2.01. The molecule has 0 bridgehead atoms. The summed E-state index contributed by atoms with van der Waals surface area (Å²) in [6.07, 6.45) is 2.43. The third kappa shape index (κ3) is 13.3. The Bertz CT molecular complexity index is 381. The monoisotopic (exact) mass is 410 g/mol. The third-order valence-corrected chi connectivity index (χ3v) is 3.46. The van der Waals surface area contributed by atoms with Crippen molar-refractivity contribution in [2.24, 2.45) is 0 Å². The molecule has 140 valence electrons. The fraction of sp³-hybridized carbons (Fsp3) is 0.800. The van der Waals surface area contributed by atoms with Crippen LogP contribution in [-0.4, -0.2) is 67.2 Å². The Morgan fingerprint density at radius 2 is 1.79 bits per heavy atom. The van der Waals surface area contributed by atoms with E-state index in [9.17, 15) is 14.4 Å². The zero-order valence-electron chi connectivity index (χ0n) is 14.0. The van der Waals surface area contributed by atoms with Crippen molar-refractivity contribution in [2.75, 3.05) is 38.3 Å². The van der Waals surface area contributed by atoms with Crippen LogP contribution in [0.2, 0.25) is 0 Å². The smallest absolute Gasteiger partial charge is 0.326 e. The van der Waals surface area contributed by atoms with E-state index in [-0.39, 0.29) is 17.8 Å². The maximum atomic E-state index is 11.7. The van der Waals surface area contributed by atoms with Crippen molar-refractivity contribution in [3.63, 3.8) is 0 Å². The molecule has 0 aromatic rings. The van der Waals surface area contributed by atoms with E-state index in [1.165, 1.54) is 0 Å². The molecule has 8 nitrogen and oxygen atoms in total. The summed E-state index contributed by atoms with van der Waals surface area (Å²) in [5.41, 5.74) is 0. The number of carboxylic acid groups (broad SMARTS) is 1. The van der Waals surface area contributed by atoms with Crippen LogP contribution in [0.1, 0.15) is 32.6 Å². The molecule has 0 aromatic heterocycles. The number of carbonyl (C=O) groups is 3. The lowest BCUT2D eigenvalue weighted by atomic mass is 10.1. The fourth-order valence-electron chi connectivity index (χ4n) is 1.77. The second kappa shape index (κ2) is 15.3. The van der Waals surface area contributed by atoms with Crippen molar-refractivity contribution in [2.45, 2.75) is 38.6 Å². The maximum absolute atomic E-state index is 11.7. The maximum Gasteiger partial charge on any atom is 0.326 e. The average Bonchev–Trinajstić information content (AvgIpc) is 2.56. The van der Waals surface area contributed by atoms with Crippen molar-refractivity contribution >= 4 is 33.7 Å². The van der Waals surface area contributed by atoms with Gasteiger partial charge in [-0.2, -0.15) is 0 Å². The van der Waals surface area contributed by atoms with Gasteiger partial charge >= 0.3 is 5.97 Å². The molecular weight excluding hydrogens is 384 g/mol. The molecule has 0 saturated carbocycles. The van der Waals surface area contributed by atoms with Crippen molar-refractivity contribution in [3.05, 3.63) is 0 Å². The molecule has 0 rings (SSSR count). The van der Waals surface area contributed by atoms with E-state index < -0.39 is 17.9 Å². The van der Waals surface area contributed by atoms with E-state index in [0.29, 0.717) is 45.6 Å².